The lowest BCUT2D eigenvalue weighted by atomic mass is 10.3. The molecule has 62 valence electrons. The summed E-state index contributed by atoms with van der Waals surface area (Å²) >= 11 is 0. The smallest absolute Gasteiger partial charge is 0.327 e. The Morgan fingerprint density at radius 1 is 1.55 bits per heavy atom. The van der Waals surface area contributed by atoms with Gasteiger partial charge in [0.05, 0.1) is 0 Å². The van der Waals surface area contributed by atoms with Crippen LogP contribution in [0.3, 0.4) is 0 Å². The summed E-state index contributed by atoms with van der Waals surface area (Å²) in [5.41, 5.74) is 5.09. The number of rotatable bonds is 2. The summed E-state index contributed by atoms with van der Waals surface area (Å²) in [6.07, 6.45) is 0.833. The summed E-state index contributed by atoms with van der Waals surface area (Å²) in [6.45, 7) is 7.81. The molecule has 11 heavy (non-hydrogen) atoms. The number of hydrogen-bond donors (Lipinski definition) is 2. The van der Waals surface area contributed by atoms with Gasteiger partial charge in [-0.25, -0.2) is 4.79 Å². The summed E-state index contributed by atoms with van der Waals surface area (Å²) in [5, 5.41) is 7.60. The molecule has 0 heterocycles. The first-order valence-corrected chi connectivity index (χ1v) is 2.72. The van der Waals surface area contributed by atoms with Crippen LogP contribution >= 0.6 is 0 Å². The molecule has 0 aliphatic rings. The summed E-state index contributed by atoms with van der Waals surface area (Å²) in [5.74, 6) is -1.42. The first kappa shape index (κ1) is 12.1. The topological polar surface area (TPSA) is 80.4 Å². The molecule has 0 fully saturated rings. The molecular weight excluding hydrogens is 146 g/mol. The van der Waals surface area contributed by atoms with E-state index in [9.17, 15) is 9.59 Å². The van der Waals surface area contributed by atoms with Crippen molar-refractivity contribution in [2.45, 2.75) is 6.92 Å². The number of nitrogens with two attached hydrogens (primary N) is 1. The molecule has 0 aliphatic heterocycles. The van der Waals surface area contributed by atoms with Gasteiger partial charge in [-0.1, -0.05) is 13.2 Å². The predicted molar refractivity (Wildman–Crippen MR) is 41.8 cm³/mol. The molecule has 1 amide bonds. The van der Waals surface area contributed by atoms with Gasteiger partial charge >= 0.3 is 5.97 Å². The summed E-state index contributed by atoms with van der Waals surface area (Å²) in [6, 6.07) is 0. The van der Waals surface area contributed by atoms with Gasteiger partial charge in [0, 0.05) is 11.6 Å². The number of aliphatic carboxylic acids is 1. The highest BCUT2D eigenvalue weighted by Crippen LogP contribution is 1.78. The van der Waals surface area contributed by atoms with Crippen LogP contribution in [0.5, 0.6) is 0 Å². The van der Waals surface area contributed by atoms with E-state index in [1.807, 2.05) is 0 Å². The van der Waals surface area contributed by atoms with Crippen molar-refractivity contribution in [3.8, 4) is 0 Å². The highest BCUT2D eigenvalue weighted by atomic mass is 16.4. The normalized spacial score (nSPS) is 7.00. The molecule has 4 heteroatoms. The number of primary amides is 1. The van der Waals surface area contributed by atoms with Crippen molar-refractivity contribution >= 4 is 11.9 Å². The van der Waals surface area contributed by atoms with Gasteiger partial charge in [0.1, 0.15) is 0 Å². The van der Waals surface area contributed by atoms with Crippen molar-refractivity contribution in [2.24, 2.45) is 5.73 Å². The first-order valence-electron chi connectivity index (χ1n) is 2.72. The average Bonchev–Trinajstić information content (AvgIpc) is 1.89. The minimum absolute atomic E-state index is 0.398. The standard InChI is InChI=1S/C4H7NO.C3H4O2/c1-3(2)4(5)6;1-2-3(4)5/h1H2,2H3,(H2,5,6);2H,1H2,(H,4,5). The molecule has 4 nitrogen and oxygen atoms in total. The highest BCUT2D eigenvalue weighted by molar-refractivity contribution is 5.90. The van der Waals surface area contributed by atoms with Gasteiger partial charge in [0.15, 0.2) is 0 Å². The second kappa shape index (κ2) is 6.54. The Bertz CT molecular complexity index is 172. The number of hydrogen-bond acceptors (Lipinski definition) is 2. The van der Waals surface area contributed by atoms with Gasteiger partial charge in [-0.2, -0.15) is 0 Å². The van der Waals surface area contributed by atoms with Crippen LogP contribution in [0.4, 0.5) is 0 Å². The lowest BCUT2D eigenvalue weighted by molar-refractivity contribution is -0.131. The molecule has 0 aromatic heterocycles. The van der Waals surface area contributed by atoms with Crippen LogP contribution in [0.2, 0.25) is 0 Å². The third-order valence-electron chi connectivity index (χ3n) is 0.595. The molecular formula is C7H11NO3. The van der Waals surface area contributed by atoms with E-state index in [0.717, 1.165) is 6.08 Å². The SMILES string of the molecule is C=C(C)C(N)=O.C=CC(=O)O. The third kappa shape index (κ3) is 17.8. The van der Waals surface area contributed by atoms with Gasteiger partial charge < -0.3 is 10.8 Å². The molecule has 0 bridgehead atoms. The van der Waals surface area contributed by atoms with Crippen molar-refractivity contribution < 1.29 is 14.7 Å². The predicted octanol–water partition coefficient (Wildman–Crippen LogP) is 0.305. The first-order chi connectivity index (χ1) is 4.91. The monoisotopic (exact) mass is 157 g/mol. The van der Waals surface area contributed by atoms with Crippen LogP contribution in [0.1, 0.15) is 6.92 Å². The van der Waals surface area contributed by atoms with Crippen LogP contribution in [0, 0.1) is 0 Å². The Balaban J connectivity index is 0. The van der Waals surface area contributed by atoms with E-state index in [0.29, 0.717) is 5.57 Å². The van der Waals surface area contributed by atoms with Gasteiger partial charge in [-0.05, 0) is 6.92 Å². The molecule has 0 unspecified atom stereocenters. The molecule has 0 atom stereocenters. The van der Waals surface area contributed by atoms with Crippen molar-refractivity contribution in [1.29, 1.82) is 0 Å². The van der Waals surface area contributed by atoms with Crippen LogP contribution < -0.4 is 5.73 Å². The lowest BCUT2D eigenvalue weighted by Crippen LogP contribution is -2.10. The largest absolute Gasteiger partial charge is 0.478 e. The minimum Gasteiger partial charge on any atom is -0.478 e. The highest BCUT2D eigenvalue weighted by Gasteiger charge is 1.86. The Morgan fingerprint density at radius 3 is 1.73 bits per heavy atom. The number of carboxylic acids is 1. The fourth-order valence-corrected chi connectivity index (χ4v) is 0. The van der Waals surface area contributed by atoms with Gasteiger partial charge in [0.2, 0.25) is 5.91 Å². The van der Waals surface area contributed by atoms with E-state index < -0.39 is 11.9 Å². The fourth-order valence-electron chi connectivity index (χ4n) is 0. The molecule has 3 N–H and O–H groups in total. The van der Waals surface area contributed by atoms with Crippen LogP contribution in [0.15, 0.2) is 24.8 Å². The quantitative estimate of drug-likeness (QED) is 0.566. The van der Waals surface area contributed by atoms with Crippen molar-refractivity contribution in [1.82, 2.24) is 0 Å². The number of carboxylic acid groups (broad SMARTS) is 1. The Hall–Kier alpha value is -1.58. The van der Waals surface area contributed by atoms with Gasteiger partial charge in [-0.15, -0.1) is 0 Å². The summed E-state index contributed by atoms with van der Waals surface area (Å²) in [7, 11) is 0. The van der Waals surface area contributed by atoms with E-state index in [4.69, 9.17) is 10.8 Å². The van der Waals surface area contributed by atoms with E-state index in [2.05, 4.69) is 13.2 Å². The molecule has 0 rings (SSSR count). The maximum atomic E-state index is 9.82. The molecule has 0 saturated heterocycles. The van der Waals surface area contributed by atoms with Crippen LogP contribution in [0.25, 0.3) is 0 Å². The van der Waals surface area contributed by atoms with E-state index >= 15 is 0 Å². The zero-order valence-electron chi connectivity index (χ0n) is 6.33. The van der Waals surface area contributed by atoms with Gasteiger partial charge in [0.25, 0.3) is 0 Å². The Labute approximate surface area is 65.0 Å². The third-order valence-corrected chi connectivity index (χ3v) is 0.595. The molecule has 0 aromatic carbocycles. The van der Waals surface area contributed by atoms with Crippen molar-refractivity contribution in [3.05, 3.63) is 24.8 Å². The number of amides is 1. The average molecular weight is 157 g/mol. The second-order valence-electron chi connectivity index (χ2n) is 1.69. The Kier molecular flexibility index (Phi) is 7.21. The van der Waals surface area contributed by atoms with E-state index in [1.54, 1.807) is 6.92 Å². The van der Waals surface area contributed by atoms with E-state index in [1.165, 1.54) is 0 Å². The maximum absolute atomic E-state index is 9.82. The van der Waals surface area contributed by atoms with E-state index in [-0.39, 0.29) is 0 Å². The molecule has 0 radical (unpaired) electrons. The fraction of sp³-hybridized carbons (Fsp3) is 0.143. The number of carbonyl (C=O) groups excluding carboxylic acids is 1. The van der Waals surface area contributed by atoms with Crippen LogP contribution in [-0.4, -0.2) is 17.0 Å². The zero-order chi connectivity index (χ0) is 9.44. The number of carbonyl (C=O) groups is 2. The summed E-state index contributed by atoms with van der Waals surface area (Å²) in [4.78, 5) is 19.1. The minimum atomic E-state index is -0.981. The molecule has 0 saturated carbocycles. The zero-order valence-corrected chi connectivity index (χ0v) is 6.33. The van der Waals surface area contributed by atoms with Crippen LogP contribution in [-0.2, 0) is 9.59 Å². The van der Waals surface area contributed by atoms with Crippen molar-refractivity contribution in [2.75, 3.05) is 0 Å². The molecule has 0 aliphatic carbocycles. The summed E-state index contributed by atoms with van der Waals surface area (Å²) < 4.78 is 0. The Morgan fingerprint density at radius 2 is 1.73 bits per heavy atom. The maximum Gasteiger partial charge on any atom is 0.327 e. The lowest BCUT2D eigenvalue weighted by Gasteiger charge is -1.81. The van der Waals surface area contributed by atoms with Crippen molar-refractivity contribution in [3.63, 3.8) is 0 Å². The molecule has 0 aromatic rings. The molecule has 0 spiro atoms. The second-order valence-corrected chi connectivity index (χ2v) is 1.69. The van der Waals surface area contributed by atoms with Gasteiger partial charge in [-0.3, -0.25) is 4.79 Å².